The highest BCUT2D eigenvalue weighted by molar-refractivity contribution is 5.74. The van der Waals surface area contributed by atoms with Crippen LogP contribution in [0.5, 0.6) is 23.0 Å². The summed E-state index contributed by atoms with van der Waals surface area (Å²) < 4.78 is 16.6. The summed E-state index contributed by atoms with van der Waals surface area (Å²) in [5.41, 5.74) is 2.62. The van der Waals surface area contributed by atoms with Gasteiger partial charge >= 0.3 is 6.03 Å². The van der Waals surface area contributed by atoms with Gasteiger partial charge in [-0.3, -0.25) is 0 Å². The summed E-state index contributed by atoms with van der Waals surface area (Å²) in [7, 11) is 3.19. The maximum Gasteiger partial charge on any atom is 0.318 e. The summed E-state index contributed by atoms with van der Waals surface area (Å²) >= 11 is 0. The van der Waals surface area contributed by atoms with E-state index in [1.165, 1.54) is 0 Å². The maximum absolute atomic E-state index is 12.7. The molecule has 0 unspecified atom stereocenters. The number of hydrogen-bond donors (Lipinski definition) is 2. The van der Waals surface area contributed by atoms with Crippen molar-refractivity contribution in [3.05, 3.63) is 59.7 Å². The van der Waals surface area contributed by atoms with Crippen LogP contribution in [-0.2, 0) is 19.5 Å². The summed E-state index contributed by atoms with van der Waals surface area (Å²) in [6, 6.07) is 8.54. The minimum absolute atomic E-state index is 0.148. The van der Waals surface area contributed by atoms with E-state index in [4.69, 9.17) is 14.2 Å². The van der Waals surface area contributed by atoms with Crippen LogP contribution in [0, 0.1) is 0 Å². The van der Waals surface area contributed by atoms with Gasteiger partial charge in [0.05, 0.1) is 27.3 Å². The molecule has 0 fully saturated rings. The Kier molecular flexibility index (Phi) is 6.49. The molecule has 0 saturated heterocycles. The zero-order valence-corrected chi connectivity index (χ0v) is 16.7. The molecular formula is C22H26N2O5. The van der Waals surface area contributed by atoms with Gasteiger partial charge in [-0.2, -0.15) is 0 Å². The average Bonchev–Trinajstić information content (AvgIpc) is 2.93. The predicted molar refractivity (Wildman–Crippen MR) is 110 cm³/mol. The standard InChI is InChI=1S/C22H26N2O5/c1-4-5-16-10-15(11-20(27-2)21(16)28-3)13-23-22(26)24-8-9-29-19-7-6-18(25)12-17(19)14-24/h4,6-7,10-12,25H,1,5,8-9,13-14H2,2-3H3,(H,23,26). The molecule has 2 aromatic carbocycles. The lowest BCUT2D eigenvalue weighted by Gasteiger charge is -2.21. The molecule has 0 saturated carbocycles. The molecule has 2 N–H and O–H groups in total. The smallest absolute Gasteiger partial charge is 0.318 e. The number of amides is 2. The molecule has 3 rings (SSSR count). The van der Waals surface area contributed by atoms with E-state index in [1.807, 2.05) is 12.1 Å². The Labute approximate surface area is 170 Å². The third-order valence-corrected chi connectivity index (χ3v) is 4.73. The Balaban J connectivity index is 1.71. The molecule has 0 aliphatic carbocycles. The van der Waals surface area contributed by atoms with Crippen LogP contribution in [0.4, 0.5) is 4.79 Å². The SMILES string of the molecule is C=CCc1cc(CNC(=O)N2CCOc3ccc(O)cc3C2)cc(OC)c1OC. The molecule has 0 radical (unpaired) electrons. The lowest BCUT2D eigenvalue weighted by Crippen LogP contribution is -2.40. The zero-order chi connectivity index (χ0) is 20.8. The van der Waals surface area contributed by atoms with Crippen molar-refractivity contribution in [1.82, 2.24) is 10.2 Å². The number of rotatable bonds is 6. The Morgan fingerprint density at radius 1 is 1.31 bits per heavy atom. The highest BCUT2D eigenvalue weighted by Crippen LogP contribution is 2.33. The van der Waals surface area contributed by atoms with E-state index in [1.54, 1.807) is 43.4 Å². The van der Waals surface area contributed by atoms with Gasteiger partial charge in [0.1, 0.15) is 18.1 Å². The Hall–Kier alpha value is -3.35. The number of ether oxygens (including phenoxy) is 3. The summed E-state index contributed by atoms with van der Waals surface area (Å²) in [5.74, 6) is 2.12. The third-order valence-electron chi connectivity index (χ3n) is 4.73. The first-order valence-electron chi connectivity index (χ1n) is 9.37. The number of nitrogens with one attached hydrogen (secondary N) is 1. The van der Waals surface area contributed by atoms with Crippen LogP contribution in [-0.4, -0.2) is 43.4 Å². The summed E-state index contributed by atoms with van der Waals surface area (Å²) in [6.07, 6.45) is 2.43. The molecule has 1 heterocycles. The van der Waals surface area contributed by atoms with Crippen LogP contribution in [0.3, 0.4) is 0 Å². The number of fused-ring (bicyclic) bond motifs is 1. The van der Waals surface area contributed by atoms with Crippen molar-refractivity contribution in [2.24, 2.45) is 0 Å². The van der Waals surface area contributed by atoms with E-state index in [0.29, 0.717) is 49.9 Å². The van der Waals surface area contributed by atoms with Gasteiger partial charge in [-0.15, -0.1) is 6.58 Å². The van der Waals surface area contributed by atoms with Crippen LogP contribution < -0.4 is 19.5 Å². The van der Waals surface area contributed by atoms with E-state index in [-0.39, 0.29) is 11.8 Å². The molecule has 0 atom stereocenters. The van der Waals surface area contributed by atoms with Gasteiger partial charge in [-0.25, -0.2) is 4.79 Å². The van der Waals surface area contributed by atoms with Gasteiger partial charge in [0.15, 0.2) is 11.5 Å². The molecule has 0 aromatic heterocycles. The minimum Gasteiger partial charge on any atom is -0.508 e. The number of aromatic hydroxyl groups is 1. The van der Waals surface area contributed by atoms with E-state index in [2.05, 4.69) is 11.9 Å². The number of urea groups is 1. The Morgan fingerprint density at radius 3 is 2.86 bits per heavy atom. The van der Waals surface area contributed by atoms with Gasteiger partial charge in [0, 0.05) is 17.7 Å². The molecule has 1 aliphatic rings. The molecule has 1 aliphatic heterocycles. The molecule has 7 heteroatoms. The number of allylic oxidation sites excluding steroid dienone is 1. The van der Waals surface area contributed by atoms with Gasteiger partial charge < -0.3 is 29.5 Å². The fourth-order valence-corrected chi connectivity index (χ4v) is 3.36. The number of nitrogens with zero attached hydrogens (tertiary/aromatic N) is 1. The summed E-state index contributed by atoms with van der Waals surface area (Å²) in [5, 5.41) is 12.7. The van der Waals surface area contributed by atoms with E-state index in [0.717, 1.165) is 16.7 Å². The number of methoxy groups -OCH3 is 2. The Bertz CT molecular complexity index is 897. The molecule has 2 amide bonds. The molecule has 0 bridgehead atoms. The van der Waals surface area contributed by atoms with Crippen molar-refractivity contribution >= 4 is 6.03 Å². The zero-order valence-electron chi connectivity index (χ0n) is 16.7. The van der Waals surface area contributed by atoms with Crippen molar-refractivity contribution in [2.75, 3.05) is 27.4 Å². The van der Waals surface area contributed by atoms with Crippen LogP contribution in [0.15, 0.2) is 43.0 Å². The first kappa shape index (κ1) is 20.4. The van der Waals surface area contributed by atoms with Crippen molar-refractivity contribution in [3.63, 3.8) is 0 Å². The molecule has 2 aromatic rings. The molecule has 29 heavy (non-hydrogen) atoms. The highest BCUT2D eigenvalue weighted by atomic mass is 16.5. The quantitative estimate of drug-likeness (QED) is 0.731. The molecule has 154 valence electrons. The lowest BCUT2D eigenvalue weighted by atomic mass is 10.1. The molecule has 7 nitrogen and oxygen atoms in total. The second kappa shape index (κ2) is 9.23. The topological polar surface area (TPSA) is 80.3 Å². The lowest BCUT2D eigenvalue weighted by molar-refractivity contribution is 0.187. The van der Waals surface area contributed by atoms with Crippen molar-refractivity contribution < 1.29 is 24.1 Å². The van der Waals surface area contributed by atoms with Crippen molar-refractivity contribution in [3.8, 4) is 23.0 Å². The second-order valence-electron chi connectivity index (χ2n) is 6.70. The summed E-state index contributed by atoms with van der Waals surface area (Å²) in [6.45, 7) is 5.34. The number of carbonyl (C=O) groups is 1. The van der Waals surface area contributed by atoms with E-state index < -0.39 is 0 Å². The van der Waals surface area contributed by atoms with Crippen molar-refractivity contribution in [1.29, 1.82) is 0 Å². The van der Waals surface area contributed by atoms with Gasteiger partial charge in [-0.1, -0.05) is 6.08 Å². The van der Waals surface area contributed by atoms with Crippen LogP contribution in [0.2, 0.25) is 0 Å². The van der Waals surface area contributed by atoms with Crippen LogP contribution >= 0.6 is 0 Å². The maximum atomic E-state index is 12.7. The number of carbonyl (C=O) groups excluding carboxylic acids is 1. The Morgan fingerprint density at radius 2 is 2.14 bits per heavy atom. The first-order chi connectivity index (χ1) is 14.0. The largest absolute Gasteiger partial charge is 0.508 e. The van der Waals surface area contributed by atoms with Gasteiger partial charge in [0.25, 0.3) is 0 Å². The fraction of sp³-hybridized carbons (Fsp3) is 0.318. The first-order valence-corrected chi connectivity index (χ1v) is 9.37. The normalized spacial score (nSPS) is 13.0. The fourth-order valence-electron chi connectivity index (χ4n) is 3.36. The molecular weight excluding hydrogens is 372 g/mol. The van der Waals surface area contributed by atoms with Gasteiger partial charge in [0.2, 0.25) is 0 Å². The number of phenolic OH excluding ortho intramolecular Hbond substituents is 1. The van der Waals surface area contributed by atoms with Gasteiger partial charge in [-0.05, 0) is 42.3 Å². The third kappa shape index (κ3) is 4.74. The summed E-state index contributed by atoms with van der Waals surface area (Å²) in [4.78, 5) is 14.4. The minimum atomic E-state index is -0.204. The number of benzene rings is 2. The number of phenols is 1. The highest BCUT2D eigenvalue weighted by Gasteiger charge is 2.20. The monoisotopic (exact) mass is 398 g/mol. The van der Waals surface area contributed by atoms with Crippen LogP contribution in [0.1, 0.15) is 16.7 Å². The second-order valence-corrected chi connectivity index (χ2v) is 6.70. The van der Waals surface area contributed by atoms with E-state index >= 15 is 0 Å². The van der Waals surface area contributed by atoms with E-state index in [9.17, 15) is 9.90 Å². The molecule has 0 spiro atoms. The van der Waals surface area contributed by atoms with Crippen LogP contribution in [0.25, 0.3) is 0 Å². The number of hydrogen-bond acceptors (Lipinski definition) is 5. The van der Waals surface area contributed by atoms with Crippen molar-refractivity contribution in [2.45, 2.75) is 19.5 Å². The predicted octanol–water partition coefficient (Wildman–Crippen LogP) is 3.24. The average molecular weight is 398 g/mol.